The summed E-state index contributed by atoms with van der Waals surface area (Å²) in [5.74, 6) is -1.49. The number of methoxy groups -OCH3 is 1. The maximum atomic E-state index is 13.8. The number of carbonyl (C=O) groups excluding carboxylic acids is 5. The molecule has 12 nitrogen and oxygen atoms in total. The average Bonchev–Trinajstić information content (AvgIpc) is 3.14. The quantitative estimate of drug-likeness (QED) is 0.237. The molecule has 5 amide bonds. The van der Waals surface area contributed by atoms with Crippen molar-refractivity contribution in [3.05, 3.63) is 95.6 Å². The second-order valence-corrected chi connectivity index (χ2v) is 13.3. The van der Waals surface area contributed by atoms with E-state index in [1.165, 1.54) is 0 Å². The van der Waals surface area contributed by atoms with Gasteiger partial charge in [0, 0.05) is 19.5 Å². The first-order valence-corrected chi connectivity index (χ1v) is 18.0. The first-order chi connectivity index (χ1) is 25.1. The van der Waals surface area contributed by atoms with Gasteiger partial charge in [0.1, 0.15) is 29.6 Å². The molecule has 3 atom stereocenters. The van der Waals surface area contributed by atoms with Crippen molar-refractivity contribution in [2.45, 2.75) is 83.5 Å². The van der Waals surface area contributed by atoms with Crippen LogP contribution in [-0.2, 0) is 32.1 Å². The number of carbonyl (C=O) groups is 5. The third-order valence-corrected chi connectivity index (χ3v) is 8.67. The van der Waals surface area contributed by atoms with Gasteiger partial charge < -0.3 is 36.1 Å². The maximum Gasteiger partial charge on any atom is 0.255 e. The molecule has 0 aliphatic carbocycles. The van der Waals surface area contributed by atoms with Gasteiger partial charge >= 0.3 is 0 Å². The molecule has 1 aliphatic rings. The first kappa shape index (κ1) is 39.4. The van der Waals surface area contributed by atoms with Crippen molar-refractivity contribution in [3.8, 4) is 11.5 Å². The zero-order valence-corrected chi connectivity index (χ0v) is 30.2. The largest absolute Gasteiger partial charge is 0.497 e. The molecule has 3 aromatic rings. The van der Waals surface area contributed by atoms with Gasteiger partial charge in [0.2, 0.25) is 23.6 Å². The SMILES string of the molecule is COc1ccc(CNC(=O)[C@@H]2CC(=O)N[C@@H](Cc3ccccc3)C(=O)N[C@@H](CC(C)C)C(=O)NCCCCCCOc3ccccc3C(=O)N2)cc1. The molecule has 5 N–H and O–H groups in total. The van der Waals surface area contributed by atoms with Crippen molar-refractivity contribution < 1.29 is 33.4 Å². The summed E-state index contributed by atoms with van der Waals surface area (Å²) >= 11 is 0. The zero-order chi connectivity index (χ0) is 37.3. The Labute approximate surface area is 305 Å². The summed E-state index contributed by atoms with van der Waals surface area (Å²) in [6, 6.07) is 19.9. The van der Waals surface area contributed by atoms with Crippen LogP contribution in [-0.4, -0.2) is 67.9 Å². The number of hydrogen-bond acceptors (Lipinski definition) is 7. The van der Waals surface area contributed by atoms with Crippen LogP contribution in [0.15, 0.2) is 78.9 Å². The molecule has 1 heterocycles. The Kier molecular flexibility index (Phi) is 15.5. The van der Waals surface area contributed by atoms with E-state index >= 15 is 0 Å². The number of para-hydroxylation sites is 1. The zero-order valence-electron chi connectivity index (χ0n) is 30.2. The number of hydrogen-bond donors (Lipinski definition) is 5. The molecule has 0 saturated heterocycles. The van der Waals surface area contributed by atoms with E-state index in [-0.39, 0.29) is 30.4 Å². The van der Waals surface area contributed by atoms with Crippen LogP contribution in [0.1, 0.15) is 73.9 Å². The van der Waals surface area contributed by atoms with Crippen molar-refractivity contribution in [1.29, 1.82) is 0 Å². The van der Waals surface area contributed by atoms with Gasteiger partial charge in [-0.05, 0) is 60.6 Å². The Hall–Kier alpha value is -5.39. The van der Waals surface area contributed by atoms with Crippen molar-refractivity contribution in [2.24, 2.45) is 5.92 Å². The molecule has 0 aromatic heterocycles. The lowest BCUT2D eigenvalue weighted by Gasteiger charge is -2.25. The number of amides is 5. The van der Waals surface area contributed by atoms with E-state index in [0.29, 0.717) is 31.1 Å². The van der Waals surface area contributed by atoms with Crippen LogP contribution in [0.2, 0.25) is 0 Å². The van der Waals surface area contributed by atoms with E-state index in [0.717, 1.165) is 36.8 Å². The maximum absolute atomic E-state index is 13.8. The lowest BCUT2D eigenvalue weighted by atomic mass is 10.0. The minimum atomic E-state index is -1.30. The molecule has 0 bridgehead atoms. The van der Waals surface area contributed by atoms with Crippen LogP contribution < -0.4 is 36.1 Å². The van der Waals surface area contributed by atoms with E-state index < -0.39 is 48.2 Å². The number of rotatable bonds is 8. The number of nitrogens with one attached hydrogen (secondary N) is 5. The van der Waals surface area contributed by atoms with E-state index in [1.807, 2.05) is 44.2 Å². The highest BCUT2D eigenvalue weighted by atomic mass is 16.5. The lowest BCUT2D eigenvalue weighted by molar-refractivity contribution is -0.133. The van der Waals surface area contributed by atoms with Gasteiger partial charge in [-0.15, -0.1) is 0 Å². The summed E-state index contributed by atoms with van der Waals surface area (Å²) in [6.45, 7) is 4.90. The Bertz CT molecular complexity index is 1630. The summed E-state index contributed by atoms with van der Waals surface area (Å²) in [6.07, 6.45) is 3.27. The molecule has 0 radical (unpaired) electrons. The smallest absolute Gasteiger partial charge is 0.255 e. The summed E-state index contributed by atoms with van der Waals surface area (Å²) in [5, 5.41) is 14.2. The third-order valence-electron chi connectivity index (χ3n) is 8.67. The van der Waals surface area contributed by atoms with Gasteiger partial charge in [-0.25, -0.2) is 0 Å². The molecule has 12 heteroatoms. The van der Waals surface area contributed by atoms with E-state index in [4.69, 9.17) is 9.47 Å². The van der Waals surface area contributed by atoms with Gasteiger partial charge in [0.15, 0.2) is 0 Å². The van der Waals surface area contributed by atoms with Crippen LogP contribution in [0.25, 0.3) is 0 Å². The normalized spacial score (nSPS) is 19.7. The van der Waals surface area contributed by atoms with Crippen LogP contribution in [0.3, 0.4) is 0 Å². The predicted octanol–water partition coefficient (Wildman–Crippen LogP) is 3.83. The Morgan fingerprint density at radius 3 is 2.25 bits per heavy atom. The van der Waals surface area contributed by atoms with Crippen molar-refractivity contribution >= 4 is 29.5 Å². The highest BCUT2D eigenvalue weighted by molar-refractivity contribution is 6.01. The molecular weight excluding hydrogens is 662 g/mol. The third kappa shape index (κ3) is 12.7. The van der Waals surface area contributed by atoms with Gasteiger partial charge in [0.05, 0.1) is 25.7 Å². The summed E-state index contributed by atoms with van der Waals surface area (Å²) in [5.41, 5.74) is 1.80. The molecule has 0 unspecified atom stereocenters. The highest BCUT2D eigenvalue weighted by Crippen LogP contribution is 2.19. The van der Waals surface area contributed by atoms with Crippen molar-refractivity contribution in [2.75, 3.05) is 20.3 Å². The topological polar surface area (TPSA) is 164 Å². The van der Waals surface area contributed by atoms with E-state index in [9.17, 15) is 24.0 Å². The fraction of sp³-hybridized carbons (Fsp3) is 0.425. The molecule has 0 fully saturated rings. The van der Waals surface area contributed by atoms with Crippen molar-refractivity contribution in [3.63, 3.8) is 0 Å². The molecule has 52 heavy (non-hydrogen) atoms. The predicted molar refractivity (Wildman–Crippen MR) is 198 cm³/mol. The highest BCUT2D eigenvalue weighted by Gasteiger charge is 2.30. The van der Waals surface area contributed by atoms with E-state index in [2.05, 4.69) is 26.6 Å². The van der Waals surface area contributed by atoms with Gasteiger partial charge in [-0.1, -0.05) is 81.3 Å². The second-order valence-electron chi connectivity index (χ2n) is 13.3. The van der Waals surface area contributed by atoms with Gasteiger partial charge in [-0.2, -0.15) is 0 Å². The standard InChI is InChI=1S/C40H51N5O7/c1-27(2)23-32-38(48)41-21-11-4-5-12-22-52-35-16-10-9-15-31(35)37(47)44-34(39(49)42-26-29-17-19-30(51-3)20-18-29)25-36(46)43-33(40(50)45-32)24-28-13-7-6-8-14-28/h6-10,13-20,27,32-34H,4-5,11-12,21-26H2,1-3H3,(H,41,48)(H,42,49)(H,43,46)(H,44,47)(H,45,50)/t32-,33-,34-/m0/s1. The first-order valence-electron chi connectivity index (χ1n) is 18.0. The molecule has 1 aliphatic heterocycles. The van der Waals surface area contributed by atoms with E-state index in [1.54, 1.807) is 55.6 Å². The second kappa shape index (κ2) is 20.5. The molecule has 0 spiro atoms. The number of ether oxygens (including phenoxy) is 2. The van der Waals surface area contributed by atoms with Crippen LogP contribution >= 0.6 is 0 Å². The minimum absolute atomic E-state index is 0.109. The summed E-state index contributed by atoms with van der Waals surface area (Å²) in [4.78, 5) is 68.2. The monoisotopic (exact) mass is 713 g/mol. The lowest BCUT2D eigenvalue weighted by Crippen LogP contribution is -2.56. The van der Waals surface area contributed by atoms with Gasteiger partial charge in [-0.3, -0.25) is 24.0 Å². The van der Waals surface area contributed by atoms with Crippen molar-refractivity contribution in [1.82, 2.24) is 26.6 Å². The Morgan fingerprint density at radius 1 is 0.808 bits per heavy atom. The van der Waals surface area contributed by atoms with Crippen LogP contribution in [0.5, 0.6) is 11.5 Å². The fourth-order valence-electron chi connectivity index (χ4n) is 5.85. The Balaban J connectivity index is 1.61. The van der Waals surface area contributed by atoms with Gasteiger partial charge in [0.25, 0.3) is 5.91 Å². The molecule has 0 saturated carbocycles. The molecule has 3 aromatic carbocycles. The average molecular weight is 714 g/mol. The number of fused-ring (bicyclic) bond motifs is 1. The summed E-state index contributed by atoms with van der Waals surface area (Å²) < 4.78 is 11.2. The summed E-state index contributed by atoms with van der Waals surface area (Å²) in [7, 11) is 1.56. The Morgan fingerprint density at radius 2 is 1.52 bits per heavy atom. The molecule has 4 rings (SSSR count). The molecular formula is C40H51N5O7. The molecule has 278 valence electrons. The van der Waals surface area contributed by atoms with Crippen LogP contribution in [0.4, 0.5) is 0 Å². The minimum Gasteiger partial charge on any atom is -0.497 e. The van der Waals surface area contributed by atoms with Crippen LogP contribution in [0, 0.1) is 5.92 Å². The fourth-order valence-corrected chi connectivity index (χ4v) is 5.85. The number of benzene rings is 3.